The van der Waals surface area contributed by atoms with Crippen LogP contribution in [0.3, 0.4) is 0 Å². The number of nitrogens with zero attached hydrogens (tertiary/aromatic N) is 1. The van der Waals surface area contributed by atoms with Crippen LogP contribution in [-0.2, 0) is 9.59 Å². The maximum atomic E-state index is 11.5. The van der Waals surface area contributed by atoms with E-state index in [0.717, 1.165) is 17.1 Å². The molecule has 86 valence electrons. The smallest absolute Gasteiger partial charge is 0.335 e. The summed E-state index contributed by atoms with van der Waals surface area (Å²) < 4.78 is 0. The first-order valence-corrected chi connectivity index (χ1v) is 4.91. The zero-order valence-electron chi connectivity index (χ0n) is 9.01. The second-order valence-electron chi connectivity index (χ2n) is 3.65. The SMILES string of the molecule is Cc1ccc(C(=O)O)cc1N1C(=O)C=CC1=O. The van der Waals surface area contributed by atoms with E-state index in [-0.39, 0.29) is 5.56 Å². The average molecular weight is 231 g/mol. The highest BCUT2D eigenvalue weighted by atomic mass is 16.4. The topological polar surface area (TPSA) is 74.7 Å². The Balaban J connectivity index is 2.51. The molecule has 0 fully saturated rings. The first-order chi connectivity index (χ1) is 8.00. The molecule has 0 saturated carbocycles. The van der Waals surface area contributed by atoms with Crippen molar-refractivity contribution in [1.29, 1.82) is 0 Å². The van der Waals surface area contributed by atoms with E-state index < -0.39 is 17.8 Å². The largest absolute Gasteiger partial charge is 0.478 e. The summed E-state index contributed by atoms with van der Waals surface area (Å²) in [5, 5.41) is 8.87. The van der Waals surface area contributed by atoms with Gasteiger partial charge in [-0.2, -0.15) is 0 Å². The molecule has 0 aromatic heterocycles. The molecule has 1 heterocycles. The monoisotopic (exact) mass is 231 g/mol. The van der Waals surface area contributed by atoms with Gasteiger partial charge >= 0.3 is 5.97 Å². The number of benzene rings is 1. The van der Waals surface area contributed by atoms with Crippen LogP contribution in [0, 0.1) is 6.92 Å². The molecule has 1 aromatic rings. The Kier molecular flexibility index (Phi) is 2.51. The molecule has 17 heavy (non-hydrogen) atoms. The van der Waals surface area contributed by atoms with Crippen LogP contribution in [0.4, 0.5) is 5.69 Å². The van der Waals surface area contributed by atoms with Gasteiger partial charge in [0, 0.05) is 12.2 Å². The Morgan fingerprint density at radius 3 is 2.29 bits per heavy atom. The van der Waals surface area contributed by atoms with E-state index in [2.05, 4.69) is 0 Å². The first kappa shape index (κ1) is 11.1. The molecule has 1 aliphatic heterocycles. The van der Waals surface area contributed by atoms with Crippen molar-refractivity contribution in [3.05, 3.63) is 41.5 Å². The standard InChI is InChI=1S/C12H9NO4/c1-7-2-3-8(12(16)17)6-9(7)13-10(14)4-5-11(13)15/h2-6H,1H3,(H,16,17). The van der Waals surface area contributed by atoms with Crippen molar-refractivity contribution in [2.45, 2.75) is 6.92 Å². The predicted octanol–water partition coefficient (Wildman–Crippen LogP) is 1.12. The van der Waals surface area contributed by atoms with Crippen LogP contribution in [0.2, 0.25) is 0 Å². The van der Waals surface area contributed by atoms with Gasteiger partial charge in [-0.05, 0) is 24.6 Å². The van der Waals surface area contributed by atoms with E-state index in [9.17, 15) is 14.4 Å². The lowest BCUT2D eigenvalue weighted by Crippen LogP contribution is -2.30. The highest BCUT2D eigenvalue weighted by Crippen LogP contribution is 2.24. The Hall–Kier alpha value is -2.43. The number of carbonyl (C=O) groups excluding carboxylic acids is 2. The van der Waals surface area contributed by atoms with E-state index in [0.29, 0.717) is 11.3 Å². The van der Waals surface area contributed by atoms with Crippen molar-refractivity contribution in [3.63, 3.8) is 0 Å². The minimum absolute atomic E-state index is 0.0399. The van der Waals surface area contributed by atoms with Gasteiger partial charge in [0.15, 0.2) is 0 Å². The molecule has 5 nitrogen and oxygen atoms in total. The molecule has 0 bridgehead atoms. The predicted molar refractivity (Wildman–Crippen MR) is 59.8 cm³/mol. The summed E-state index contributed by atoms with van der Waals surface area (Å²) in [7, 11) is 0. The highest BCUT2D eigenvalue weighted by molar-refractivity contribution is 6.28. The maximum absolute atomic E-state index is 11.5. The van der Waals surface area contributed by atoms with Crippen molar-refractivity contribution in [2.24, 2.45) is 0 Å². The normalized spacial score (nSPS) is 14.5. The minimum atomic E-state index is -1.10. The molecule has 5 heteroatoms. The van der Waals surface area contributed by atoms with Crippen LogP contribution in [0.5, 0.6) is 0 Å². The van der Waals surface area contributed by atoms with Crippen LogP contribution in [0.25, 0.3) is 0 Å². The van der Waals surface area contributed by atoms with Gasteiger partial charge in [0.1, 0.15) is 0 Å². The second-order valence-corrected chi connectivity index (χ2v) is 3.65. The number of hydrogen-bond acceptors (Lipinski definition) is 3. The van der Waals surface area contributed by atoms with Crippen LogP contribution in [0.1, 0.15) is 15.9 Å². The number of carbonyl (C=O) groups is 3. The summed E-state index contributed by atoms with van der Waals surface area (Å²) in [6, 6.07) is 4.32. The van der Waals surface area contributed by atoms with Crippen molar-refractivity contribution >= 4 is 23.5 Å². The summed E-state index contributed by atoms with van der Waals surface area (Å²) >= 11 is 0. The summed E-state index contributed by atoms with van der Waals surface area (Å²) in [5.41, 5.74) is 1.02. The number of aromatic carboxylic acids is 1. The summed E-state index contributed by atoms with van der Waals surface area (Å²) in [5.74, 6) is -2.01. The van der Waals surface area contributed by atoms with Crippen LogP contribution >= 0.6 is 0 Å². The third-order valence-electron chi connectivity index (χ3n) is 2.51. The average Bonchev–Trinajstić information content (AvgIpc) is 2.59. The molecule has 2 rings (SSSR count). The number of rotatable bonds is 2. The Morgan fingerprint density at radius 1 is 1.18 bits per heavy atom. The molecule has 1 aliphatic rings. The summed E-state index contributed by atoms with van der Waals surface area (Å²) in [6.45, 7) is 1.71. The van der Waals surface area contributed by atoms with Crippen LogP contribution in [-0.4, -0.2) is 22.9 Å². The van der Waals surface area contributed by atoms with Gasteiger partial charge in [0.25, 0.3) is 11.8 Å². The molecule has 0 spiro atoms. The fourth-order valence-electron chi connectivity index (χ4n) is 1.62. The first-order valence-electron chi connectivity index (χ1n) is 4.91. The lowest BCUT2D eigenvalue weighted by molar-refractivity contribution is -0.120. The zero-order chi connectivity index (χ0) is 12.6. The molecular weight excluding hydrogens is 222 g/mol. The van der Waals surface area contributed by atoms with Gasteiger partial charge in [-0.25, -0.2) is 9.69 Å². The molecule has 2 amide bonds. The number of hydrogen-bond donors (Lipinski definition) is 1. The second kappa shape index (κ2) is 3.86. The molecule has 1 aromatic carbocycles. The van der Waals surface area contributed by atoms with E-state index >= 15 is 0 Å². The minimum Gasteiger partial charge on any atom is -0.478 e. The van der Waals surface area contributed by atoms with E-state index in [1.54, 1.807) is 13.0 Å². The van der Waals surface area contributed by atoms with E-state index in [1.165, 1.54) is 12.1 Å². The third-order valence-corrected chi connectivity index (χ3v) is 2.51. The molecule has 0 radical (unpaired) electrons. The fraction of sp³-hybridized carbons (Fsp3) is 0.0833. The van der Waals surface area contributed by atoms with Gasteiger partial charge < -0.3 is 5.11 Å². The van der Waals surface area contributed by atoms with E-state index in [4.69, 9.17) is 5.11 Å². The fourth-order valence-corrected chi connectivity index (χ4v) is 1.62. The number of anilines is 1. The van der Waals surface area contributed by atoms with Gasteiger partial charge in [-0.15, -0.1) is 0 Å². The molecule has 0 aliphatic carbocycles. The third kappa shape index (κ3) is 1.82. The zero-order valence-corrected chi connectivity index (χ0v) is 9.01. The van der Waals surface area contributed by atoms with Crippen LogP contribution in [0.15, 0.2) is 30.4 Å². The van der Waals surface area contributed by atoms with Gasteiger partial charge in [-0.1, -0.05) is 6.07 Å². The van der Waals surface area contributed by atoms with Crippen molar-refractivity contribution in [3.8, 4) is 0 Å². The van der Waals surface area contributed by atoms with Gasteiger partial charge in [0.2, 0.25) is 0 Å². The van der Waals surface area contributed by atoms with Gasteiger partial charge in [0.05, 0.1) is 11.3 Å². The molecule has 0 unspecified atom stereocenters. The van der Waals surface area contributed by atoms with Gasteiger partial charge in [-0.3, -0.25) is 9.59 Å². The lowest BCUT2D eigenvalue weighted by atomic mass is 10.1. The Morgan fingerprint density at radius 2 is 1.76 bits per heavy atom. The van der Waals surface area contributed by atoms with Crippen molar-refractivity contribution in [2.75, 3.05) is 4.90 Å². The number of amides is 2. The summed E-state index contributed by atoms with van der Waals surface area (Å²) in [6.07, 6.45) is 2.32. The lowest BCUT2D eigenvalue weighted by Gasteiger charge is -2.16. The summed E-state index contributed by atoms with van der Waals surface area (Å²) in [4.78, 5) is 34.8. The number of carboxylic acid groups (broad SMARTS) is 1. The number of carboxylic acids is 1. The molecular formula is C12H9NO4. The molecule has 0 atom stereocenters. The van der Waals surface area contributed by atoms with Crippen molar-refractivity contribution < 1.29 is 19.5 Å². The molecule has 1 N–H and O–H groups in total. The number of imide groups is 1. The van der Waals surface area contributed by atoms with E-state index in [1.807, 2.05) is 0 Å². The number of aryl methyl sites for hydroxylation is 1. The maximum Gasteiger partial charge on any atom is 0.335 e. The van der Waals surface area contributed by atoms with Crippen LogP contribution < -0.4 is 4.90 Å². The van der Waals surface area contributed by atoms with Crippen molar-refractivity contribution in [1.82, 2.24) is 0 Å². The molecule has 0 saturated heterocycles. The Bertz CT molecular complexity index is 542. The Labute approximate surface area is 97.0 Å². The highest BCUT2D eigenvalue weighted by Gasteiger charge is 2.26. The quantitative estimate of drug-likeness (QED) is 0.774.